The highest BCUT2D eigenvalue weighted by Gasteiger charge is 2.31. The maximum Gasteiger partial charge on any atom is 0.0648 e. The van der Waals surface area contributed by atoms with Gasteiger partial charge in [0.15, 0.2) is 0 Å². The first-order valence-electron chi connectivity index (χ1n) is 8.16. The molecular weight excluding hydrogens is 268 g/mol. The second kappa shape index (κ2) is 5.62. The van der Waals surface area contributed by atoms with E-state index in [0.717, 1.165) is 0 Å². The normalized spacial score (nSPS) is 19.1. The molecule has 0 bridgehead atoms. The lowest BCUT2D eigenvalue weighted by atomic mass is 10.0. The van der Waals surface area contributed by atoms with Gasteiger partial charge in [-0.05, 0) is 49.7 Å². The van der Waals surface area contributed by atoms with Crippen LogP contribution in [-0.4, -0.2) is 36.0 Å². The molecule has 112 valence electrons. The molecule has 2 heterocycles. The van der Waals surface area contributed by atoms with Crippen LogP contribution < -0.4 is 0 Å². The minimum atomic E-state index is 0.708. The summed E-state index contributed by atoms with van der Waals surface area (Å²) >= 11 is 0. The van der Waals surface area contributed by atoms with Crippen LogP contribution in [0.4, 0.5) is 0 Å². The maximum absolute atomic E-state index is 2.48. The monoisotopic (exact) mass is 290 g/mol. The van der Waals surface area contributed by atoms with Crippen LogP contribution in [-0.2, 0) is 0 Å². The molecule has 0 radical (unpaired) electrons. The molecule has 0 aromatic heterocycles. The number of hydrogen-bond donors (Lipinski definition) is 0. The Labute approximate surface area is 132 Å². The van der Waals surface area contributed by atoms with Crippen LogP contribution in [0.3, 0.4) is 0 Å². The summed E-state index contributed by atoms with van der Waals surface area (Å²) in [6, 6.07) is 20.3. The number of likely N-dealkylation sites (tertiary alicyclic amines) is 1. The zero-order chi connectivity index (χ0) is 14.9. The Balaban J connectivity index is 1.43. The third-order valence-electron chi connectivity index (χ3n) is 4.84. The topological polar surface area (TPSA) is 6.25 Å². The Kier molecular flexibility index (Phi) is 3.47. The van der Waals surface area contributed by atoms with E-state index in [4.69, 9.17) is 0 Å². The second-order valence-corrected chi connectivity index (χ2v) is 6.40. The largest absolute Gasteiger partial charge is 0.341 e. The van der Waals surface area contributed by atoms with E-state index in [1.807, 2.05) is 0 Å². The Morgan fingerprint density at radius 3 is 2.05 bits per heavy atom. The van der Waals surface area contributed by atoms with Gasteiger partial charge in [-0.1, -0.05) is 54.6 Å². The molecular formula is C20H22N2. The summed E-state index contributed by atoms with van der Waals surface area (Å²) < 4.78 is 0. The molecule has 2 aliphatic heterocycles. The van der Waals surface area contributed by atoms with E-state index in [9.17, 15) is 0 Å². The summed E-state index contributed by atoms with van der Waals surface area (Å²) in [6.07, 6.45) is 4.87. The van der Waals surface area contributed by atoms with Crippen molar-refractivity contribution in [3.8, 4) is 11.1 Å². The fourth-order valence-electron chi connectivity index (χ4n) is 3.37. The van der Waals surface area contributed by atoms with Gasteiger partial charge in [-0.3, -0.25) is 0 Å². The summed E-state index contributed by atoms with van der Waals surface area (Å²) in [6.45, 7) is 2.43. The zero-order valence-corrected chi connectivity index (χ0v) is 13.1. The van der Waals surface area contributed by atoms with Crippen molar-refractivity contribution >= 4 is 5.70 Å². The maximum atomic E-state index is 2.48. The van der Waals surface area contributed by atoms with Crippen LogP contribution in [0.25, 0.3) is 16.8 Å². The predicted molar refractivity (Wildman–Crippen MR) is 92.2 cm³/mol. The van der Waals surface area contributed by atoms with E-state index in [2.05, 4.69) is 77.6 Å². The third kappa shape index (κ3) is 2.67. The van der Waals surface area contributed by atoms with E-state index in [1.54, 1.807) is 0 Å². The van der Waals surface area contributed by atoms with Gasteiger partial charge in [-0.25, -0.2) is 0 Å². The number of piperidine rings is 1. The van der Waals surface area contributed by atoms with Crippen molar-refractivity contribution in [2.45, 2.75) is 18.9 Å². The van der Waals surface area contributed by atoms with Crippen LogP contribution in [0.1, 0.15) is 18.4 Å². The van der Waals surface area contributed by atoms with Crippen LogP contribution in [0, 0.1) is 0 Å². The predicted octanol–water partition coefficient (Wildman–Crippen LogP) is 4.06. The molecule has 0 saturated carbocycles. The Hall–Kier alpha value is -2.06. The van der Waals surface area contributed by atoms with Gasteiger partial charge < -0.3 is 9.80 Å². The van der Waals surface area contributed by atoms with E-state index in [-0.39, 0.29) is 0 Å². The lowest BCUT2D eigenvalue weighted by Crippen LogP contribution is -2.36. The summed E-state index contributed by atoms with van der Waals surface area (Å²) in [5.41, 5.74) is 5.33. The van der Waals surface area contributed by atoms with Crippen molar-refractivity contribution in [3.63, 3.8) is 0 Å². The molecule has 2 nitrogen and oxygen atoms in total. The molecule has 0 N–H and O–H groups in total. The second-order valence-electron chi connectivity index (χ2n) is 6.40. The standard InChI is InChI=1S/C20H22N2/c1-21-13-11-19(12-14-21)22-15-20(22)18-9-7-17(8-10-18)16-5-3-2-4-6-16/h2-10,15,19H,11-14H2,1H3. The molecule has 2 aromatic carbocycles. The number of benzene rings is 2. The number of nitrogens with zero attached hydrogens (tertiary/aromatic N) is 2. The fourth-order valence-corrected chi connectivity index (χ4v) is 3.37. The van der Waals surface area contributed by atoms with Crippen molar-refractivity contribution in [1.29, 1.82) is 0 Å². The molecule has 0 aliphatic carbocycles. The molecule has 0 atom stereocenters. The van der Waals surface area contributed by atoms with Crippen molar-refractivity contribution in [2.75, 3.05) is 20.1 Å². The molecule has 0 unspecified atom stereocenters. The van der Waals surface area contributed by atoms with Crippen LogP contribution in [0.5, 0.6) is 0 Å². The minimum Gasteiger partial charge on any atom is -0.341 e. The van der Waals surface area contributed by atoms with Gasteiger partial charge in [0.1, 0.15) is 0 Å². The molecule has 2 heteroatoms. The van der Waals surface area contributed by atoms with Gasteiger partial charge in [0, 0.05) is 12.2 Å². The summed E-state index contributed by atoms with van der Waals surface area (Å²) in [4.78, 5) is 4.90. The van der Waals surface area contributed by atoms with Crippen LogP contribution in [0.2, 0.25) is 0 Å². The zero-order valence-electron chi connectivity index (χ0n) is 13.1. The van der Waals surface area contributed by atoms with E-state index in [0.29, 0.717) is 6.04 Å². The van der Waals surface area contributed by atoms with E-state index in [1.165, 1.54) is 48.3 Å². The lowest BCUT2D eigenvalue weighted by molar-refractivity contribution is 0.212. The average molecular weight is 290 g/mol. The molecule has 4 rings (SSSR count). The Morgan fingerprint density at radius 1 is 0.773 bits per heavy atom. The summed E-state index contributed by atoms with van der Waals surface area (Å²) in [5.74, 6) is 0. The van der Waals surface area contributed by atoms with Gasteiger partial charge in [0.25, 0.3) is 0 Å². The van der Waals surface area contributed by atoms with Gasteiger partial charge >= 0.3 is 0 Å². The first kappa shape index (κ1) is 13.6. The molecule has 1 saturated heterocycles. The van der Waals surface area contributed by atoms with Gasteiger partial charge in [0.05, 0.1) is 5.70 Å². The molecule has 1 fully saturated rings. The van der Waals surface area contributed by atoms with Crippen LogP contribution in [0.15, 0.2) is 60.8 Å². The Bertz CT molecular complexity index is 665. The first-order chi connectivity index (χ1) is 10.8. The molecule has 2 aliphatic rings. The number of rotatable bonds is 3. The first-order valence-corrected chi connectivity index (χ1v) is 8.16. The van der Waals surface area contributed by atoms with Crippen molar-refractivity contribution in [2.24, 2.45) is 0 Å². The highest BCUT2D eigenvalue weighted by Crippen LogP contribution is 2.37. The Morgan fingerprint density at radius 2 is 1.36 bits per heavy atom. The molecule has 2 aromatic rings. The molecule has 0 spiro atoms. The lowest BCUT2D eigenvalue weighted by Gasteiger charge is -2.31. The van der Waals surface area contributed by atoms with Crippen molar-refractivity contribution in [3.05, 3.63) is 66.4 Å². The summed E-state index contributed by atoms with van der Waals surface area (Å²) in [7, 11) is 2.22. The smallest absolute Gasteiger partial charge is 0.0648 e. The number of hydrogen-bond acceptors (Lipinski definition) is 2. The SMILES string of the molecule is CN1CCC(N2C=C2c2ccc(-c3ccccc3)cc2)CC1. The molecule has 0 amide bonds. The van der Waals surface area contributed by atoms with E-state index >= 15 is 0 Å². The highest BCUT2D eigenvalue weighted by atomic mass is 15.3. The van der Waals surface area contributed by atoms with E-state index < -0.39 is 0 Å². The average Bonchev–Trinajstić information content (AvgIpc) is 3.37. The fraction of sp³-hybridized carbons (Fsp3) is 0.300. The van der Waals surface area contributed by atoms with Crippen molar-refractivity contribution in [1.82, 2.24) is 9.80 Å². The summed E-state index contributed by atoms with van der Waals surface area (Å²) in [5, 5.41) is 0. The molecule has 22 heavy (non-hydrogen) atoms. The minimum absolute atomic E-state index is 0.708. The quantitative estimate of drug-likeness (QED) is 0.841. The highest BCUT2D eigenvalue weighted by molar-refractivity contribution is 5.77. The van der Waals surface area contributed by atoms with Gasteiger partial charge in [-0.2, -0.15) is 0 Å². The van der Waals surface area contributed by atoms with Crippen LogP contribution >= 0.6 is 0 Å². The van der Waals surface area contributed by atoms with Crippen molar-refractivity contribution < 1.29 is 0 Å². The van der Waals surface area contributed by atoms with Gasteiger partial charge in [-0.15, -0.1) is 0 Å². The third-order valence-corrected chi connectivity index (χ3v) is 4.84. The van der Waals surface area contributed by atoms with Gasteiger partial charge in [0.2, 0.25) is 0 Å².